The summed E-state index contributed by atoms with van der Waals surface area (Å²) in [5.74, 6) is -1.39. The molecule has 0 bridgehead atoms. The van der Waals surface area contributed by atoms with E-state index in [0.717, 1.165) is 12.0 Å². The molecule has 0 aliphatic carbocycles. The van der Waals surface area contributed by atoms with Gasteiger partial charge in [-0.25, -0.2) is 9.59 Å². The van der Waals surface area contributed by atoms with E-state index in [1.807, 2.05) is 13.0 Å². The molecule has 1 aliphatic rings. The smallest absolute Gasteiger partial charge is 0.333 e. The summed E-state index contributed by atoms with van der Waals surface area (Å²) in [5, 5.41) is 18.1. The van der Waals surface area contributed by atoms with Crippen molar-refractivity contribution < 1.29 is 24.5 Å². The van der Waals surface area contributed by atoms with E-state index in [1.54, 1.807) is 13.0 Å². The van der Waals surface area contributed by atoms with E-state index in [-0.39, 0.29) is 0 Å². The Morgan fingerprint density at radius 1 is 1.35 bits per heavy atom. The number of carbonyl (C=O) groups is 2. The van der Waals surface area contributed by atoms with Gasteiger partial charge in [-0.3, -0.25) is 0 Å². The second kappa shape index (κ2) is 7.65. The molecule has 1 aliphatic heterocycles. The fourth-order valence-corrected chi connectivity index (χ4v) is 1.83. The summed E-state index contributed by atoms with van der Waals surface area (Å²) in [5.41, 5.74) is 2.10. The van der Waals surface area contributed by atoms with Crippen molar-refractivity contribution in [1.29, 1.82) is 0 Å². The van der Waals surface area contributed by atoms with Crippen LogP contribution in [0, 0.1) is 0 Å². The number of allylic oxidation sites excluding steroid dienone is 3. The molecule has 2 N–H and O–H groups in total. The van der Waals surface area contributed by atoms with Crippen LogP contribution in [0.1, 0.15) is 39.5 Å². The Balaban J connectivity index is 2.32. The number of ether oxygens (including phenoxy) is 1. The number of rotatable bonds is 7. The number of esters is 1. The lowest BCUT2D eigenvalue weighted by atomic mass is 10.1. The first kappa shape index (κ1) is 16.2. The largest absolute Gasteiger partial charge is 0.478 e. The maximum atomic E-state index is 10.9. The summed E-state index contributed by atoms with van der Waals surface area (Å²) in [6.07, 6.45) is 6.73. The predicted octanol–water partition coefficient (Wildman–Crippen LogP) is 2.33. The van der Waals surface area contributed by atoms with Gasteiger partial charge in [0.05, 0.1) is 0 Å². The summed E-state index contributed by atoms with van der Waals surface area (Å²) >= 11 is 0. The second-order valence-corrected chi connectivity index (χ2v) is 4.83. The molecule has 0 aromatic carbocycles. The Bertz CT molecular complexity index is 471. The maximum absolute atomic E-state index is 10.9. The number of carboxylic acid groups (broad SMARTS) is 1. The molecule has 1 atom stereocenters. The minimum atomic E-state index is -1.10. The Hall–Kier alpha value is -1.88. The van der Waals surface area contributed by atoms with Gasteiger partial charge >= 0.3 is 11.9 Å². The van der Waals surface area contributed by atoms with Crippen LogP contribution in [0.5, 0.6) is 0 Å². The van der Waals surface area contributed by atoms with E-state index >= 15 is 0 Å². The SMILES string of the molecule is C/C(=C\CCC1=CC(=O)OC1O)CC/C=C(\C)C(=O)O. The Morgan fingerprint density at radius 2 is 2.05 bits per heavy atom. The van der Waals surface area contributed by atoms with E-state index in [9.17, 15) is 14.7 Å². The Morgan fingerprint density at radius 3 is 2.60 bits per heavy atom. The van der Waals surface area contributed by atoms with Crippen LogP contribution in [-0.4, -0.2) is 28.4 Å². The lowest BCUT2D eigenvalue weighted by Crippen LogP contribution is -2.09. The molecule has 1 heterocycles. The highest BCUT2D eigenvalue weighted by Crippen LogP contribution is 2.19. The topological polar surface area (TPSA) is 83.8 Å². The molecule has 0 spiro atoms. The lowest BCUT2D eigenvalue weighted by molar-refractivity contribution is -0.151. The Labute approximate surface area is 118 Å². The molecule has 20 heavy (non-hydrogen) atoms. The van der Waals surface area contributed by atoms with E-state index in [0.29, 0.717) is 30.4 Å². The van der Waals surface area contributed by atoms with Crippen molar-refractivity contribution in [2.45, 2.75) is 45.8 Å². The highest BCUT2D eigenvalue weighted by molar-refractivity contribution is 5.86. The average Bonchev–Trinajstić information content (AvgIpc) is 2.67. The van der Waals surface area contributed by atoms with Crippen molar-refractivity contribution in [3.05, 3.63) is 34.9 Å². The second-order valence-electron chi connectivity index (χ2n) is 4.83. The number of cyclic esters (lactones) is 1. The highest BCUT2D eigenvalue weighted by Gasteiger charge is 2.22. The van der Waals surface area contributed by atoms with Gasteiger partial charge in [-0.15, -0.1) is 0 Å². The third-order valence-corrected chi connectivity index (χ3v) is 3.10. The summed E-state index contributed by atoms with van der Waals surface area (Å²) in [6, 6.07) is 0. The number of hydrogen-bond acceptors (Lipinski definition) is 4. The van der Waals surface area contributed by atoms with E-state index in [2.05, 4.69) is 4.74 Å². The van der Waals surface area contributed by atoms with Crippen molar-refractivity contribution >= 4 is 11.9 Å². The maximum Gasteiger partial charge on any atom is 0.333 e. The summed E-state index contributed by atoms with van der Waals surface area (Å²) < 4.78 is 4.58. The van der Waals surface area contributed by atoms with Crippen molar-refractivity contribution in [2.24, 2.45) is 0 Å². The molecule has 1 unspecified atom stereocenters. The van der Waals surface area contributed by atoms with Crippen LogP contribution in [-0.2, 0) is 14.3 Å². The number of carboxylic acids is 1. The molecular weight excluding hydrogens is 260 g/mol. The lowest BCUT2D eigenvalue weighted by Gasteiger charge is -2.06. The van der Waals surface area contributed by atoms with Crippen LogP contribution < -0.4 is 0 Å². The molecule has 0 amide bonds. The monoisotopic (exact) mass is 280 g/mol. The summed E-state index contributed by atoms with van der Waals surface area (Å²) in [7, 11) is 0. The molecular formula is C15H20O5. The number of aliphatic hydroxyl groups is 1. The summed E-state index contributed by atoms with van der Waals surface area (Å²) in [4.78, 5) is 21.5. The van der Waals surface area contributed by atoms with Gasteiger partial charge in [0.15, 0.2) is 0 Å². The minimum absolute atomic E-state index is 0.354. The average molecular weight is 280 g/mol. The van der Waals surface area contributed by atoms with Crippen LogP contribution in [0.2, 0.25) is 0 Å². The van der Waals surface area contributed by atoms with Crippen molar-refractivity contribution in [3.8, 4) is 0 Å². The van der Waals surface area contributed by atoms with Gasteiger partial charge in [-0.1, -0.05) is 17.7 Å². The zero-order valence-corrected chi connectivity index (χ0v) is 11.8. The van der Waals surface area contributed by atoms with Gasteiger partial charge < -0.3 is 14.9 Å². The number of carbonyl (C=O) groups excluding carboxylic acids is 1. The van der Waals surface area contributed by atoms with Crippen LogP contribution >= 0.6 is 0 Å². The molecule has 0 saturated heterocycles. The quantitative estimate of drug-likeness (QED) is 0.425. The van der Waals surface area contributed by atoms with Crippen molar-refractivity contribution in [1.82, 2.24) is 0 Å². The fourth-order valence-electron chi connectivity index (χ4n) is 1.83. The number of hydrogen-bond donors (Lipinski definition) is 2. The zero-order chi connectivity index (χ0) is 15.1. The molecule has 0 aromatic heterocycles. The first-order valence-electron chi connectivity index (χ1n) is 6.55. The standard InChI is InChI=1S/C15H20O5/c1-10(5-3-7-11(2)14(17)18)6-4-8-12-9-13(16)20-15(12)19/h6-7,9,15,19H,3-5,8H2,1-2H3,(H,17,18)/b10-6+,11-7+. The van der Waals surface area contributed by atoms with Gasteiger partial charge in [0, 0.05) is 17.2 Å². The van der Waals surface area contributed by atoms with Gasteiger partial charge in [-0.05, 0) is 39.5 Å². The highest BCUT2D eigenvalue weighted by atomic mass is 16.6. The van der Waals surface area contributed by atoms with Crippen LogP contribution in [0.3, 0.4) is 0 Å². The van der Waals surface area contributed by atoms with Gasteiger partial charge in [0.2, 0.25) is 6.29 Å². The van der Waals surface area contributed by atoms with Gasteiger partial charge in [-0.2, -0.15) is 0 Å². The molecule has 0 saturated carbocycles. The molecule has 110 valence electrons. The zero-order valence-electron chi connectivity index (χ0n) is 11.8. The van der Waals surface area contributed by atoms with Gasteiger partial charge in [0.25, 0.3) is 0 Å². The van der Waals surface area contributed by atoms with Gasteiger partial charge in [0.1, 0.15) is 0 Å². The van der Waals surface area contributed by atoms with Crippen LogP contribution in [0.15, 0.2) is 34.9 Å². The fraction of sp³-hybridized carbons (Fsp3) is 0.467. The molecule has 0 fully saturated rings. The molecule has 5 heteroatoms. The third-order valence-electron chi connectivity index (χ3n) is 3.10. The number of aliphatic carboxylic acids is 1. The van der Waals surface area contributed by atoms with E-state index < -0.39 is 18.2 Å². The Kier molecular flexibility index (Phi) is 6.18. The molecule has 0 aromatic rings. The van der Waals surface area contributed by atoms with E-state index in [4.69, 9.17) is 5.11 Å². The summed E-state index contributed by atoms with van der Waals surface area (Å²) in [6.45, 7) is 3.55. The normalized spacial score (nSPS) is 19.9. The van der Waals surface area contributed by atoms with Crippen LogP contribution in [0.4, 0.5) is 0 Å². The first-order valence-corrected chi connectivity index (χ1v) is 6.55. The number of aliphatic hydroxyl groups excluding tert-OH is 1. The van der Waals surface area contributed by atoms with Crippen molar-refractivity contribution in [2.75, 3.05) is 0 Å². The predicted molar refractivity (Wildman–Crippen MR) is 73.8 cm³/mol. The minimum Gasteiger partial charge on any atom is -0.478 e. The van der Waals surface area contributed by atoms with Crippen molar-refractivity contribution in [3.63, 3.8) is 0 Å². The van der Waals surface area contributed by atoms with E-state index in [1.165, 1.54) is 6.08 Å². The molecule has 1 rings (SSSR count). The molecule has 5 nitrogen and oxygen atoms in total. The third kappa shape index (κ3) is 5.40. The molecule has 0 radical (unpaired) electrons. The first-order chi connectivity index (χ1) is 9.40. The van der Waals surface area contributed by atoms with Crippen LogP contribution in [0.25, 0.3) is 0 Å².